The maximum atomic E-state index is 12.0. The molecule has 8 nitrogen and oxygen atoms in total. The SMILES string of the molecule is CNc1ncc(S(=O)(=O)NCCc2ncno2)cc1Cl. The van der Waals surface area contributed by atoms with Crippen LogP contribution in [0, 0.1) is 0 Å². The van der Waals surface area contributed by atoms with Crippen LogP contribution in [0.5, 0.6) is 0 Å². The molecule has 0 radical (unpaired) electrons. The number of anilines is 1. The summed E-state index contributed by atoms with van der Waals surface area (Å²) < 4.78 is 31.2. The summed E-state index contributed by atoms with van der Waals surface area (Å²) in [5, 5.41) is 6.41. The van der Waals surface area contributed by atoms with Gasteiger partial charge in [0.15, 0.2) is 6.33 Å². The molecule has 2 N–H and O–H groups in total. The lowest BCUT2D eigenvalue weighted by atomic mass is 10.4. The first-order valence-corrected chi connectivity index (χ1v) is 7.47. The van der Waals surface area contributed by atoms with Crippen molar-refractivity contribution in [2.45, 2.75) is 11.3 Å². The second-order valence-electron chi connectivity index (χ2n) is 3.73. The summed E-state index contributed by atoms with van der Waals surface area (Å²) in [5.74, 6) is 0.769. The lowest BCUT2D eigenvalue weighted by Gasteiger charge is -2.07. The molecule has 2 aromatic heterocycles. The van der Waals surface area contributed by atoms with Crippen molar-refractivity contribution >= 4 is 27.4 Å². The Bertz CT molecular complexity index is 674. The highest BCUT2D eigenvalue weighted by Gasteiger charge is 2.16. The third kappa shape index (κ3) is 3.44. The largest absolute Gasteiger partial charge is 0.372 e. The van der Waals surface area contributed by atoms with E-state index in [0.29, 0.717) is 18.1 Å². The number of hydrogen-bond acceptors (Lipinski definition) is 7. The van der Waals surface area contributed by atoms with Crippen molar-refractivity contribution in [3.63, 3.8) is 0 Å². The molecule has 0 fully saturated rings. The van der Waals surface area contributed by atoms with Crippen molar-refractivity contribution in [2.24, 2.45) is 0 Å². The van der Waals surface area contributed by atoms with Crippen molar-refractivity contribution in [2.75, 3.05) is 18.9 Å². The van der Waals surface area contributed by atoms with Gasteiger partial charge in [-0.05, 0) is 6.07 Å². The van der Waals surface area contributed by atoms with Crippen LogP contribution in [-0.2, 0) is 16.4 Å². The van der Waals surface area contributed by atoms with Crippen molar-refractivity contribution in [1.82, 2.24) is 19.8 Å². The fraction of sp³-hybridized carbons (Fsp3) is 0.300. The van der Waals surface area contributed by atoms with Crippen molar-refractivity contribution in [3.8, 4) is 0 Å². The smallest absolute Gasteiger partial charge is 0.242 e. The van der Waals surface area contributed by atoms with Crippen molar-refractivity contribution in [3.05, 3.63) is 29.5 Å². The maximum Gasteiger partial charge on any atom is 0.242 e. The Morgan fingerprint density at radius 2 is 2.20 bits per heavy atom. The average Bonchev–Trinajstić information content (AvgIpc) is 2.91. The van der Waals surface area contributed by atoms with Crippen LogP contribution in [0.4, 0.5) is 5.82 Å². The number of nitrogens with zero attached hydrogens (tertiary/aromatic N) is 3. The minimum atomic E-state index is -3.68. The highest BCUT2D eigenvalue weighted by molar-refractivity contribution is 7.89. The van der Waals surface area contributed by atoms with Crippen LogP contribution in [0.3, 0.4) is 0 Å². The molecule has 0 spiro atoms. The van der Waals surface area contributed by atoms with Gasteiger partial charge in [-0.25, -0.2) is 18.1 Å². The Morgan fingerprint density at radius 3 is 2.80 bits per heavy atom. The molecule has 0 aliphatic heterocycles. The molecule has 20 heavy (non-hydrogen) atoms. The van der Waals surface area contributed by atoms with Crippen LogP contribution < -0.4 is 10.0 Å². The number of halogens is 1. The van der Waals surface area contributed by atoms with E-state index < -0.39 is 10.0 Å². The zero-order valence-electron chi connectivity index (χ0n) is 10.5. The van der Waals surface area contributed by atoms with E-state index in [-0.39, 0.29) is 16.5 Å². The number of aromatic nitrogens is 3. The highest BCUT2D eigenvalue weighted by atomic mass is 35.5. The predicted molar refractivity (Wildman–Crippen MR) is 72.0 cm³/mol. The Hall–Kier alpha value is -1.71. The molecular weight excluding hydrogens is 306 g/mol. The molecular formula is C10H12ClN5O3S. The third-order valence-corrected chi connectivity index (χ3v) is 4.12. The average molecular weight is 318 g/mol. The van der Waals surface area contributed by atoms with E-state index >= 15 is 0 Å². The Labute approximate surface area is 120 Å². The van der Waals surface area contributed by atoms with Gasteiger partial charge in [-0.3, -0.25) is 0 Å². The summed E-state index contributed by atoms with van der Waals surface area (Å²) in [6.07, 6.45) is 2.78. The van der Waals surface area contributed by atoms with Crippen molar-refractivity contribution < 1.29 is 12.9 Å². The van der Waals surface area contributed by atoms with E-state index in [2.05, 4.69) is 25.2 Å². The standard InChI is InChI=1S/C10H12ClN5O3S/c1-12-10-8(11)4-7(5-13-10)20(17,18)16-3-2-9-14-6-15-19-9/h4-6,16H,2-3H2,1H3,(H,12,13). The van der Waals surface area contributed by atoms with E-state index in [1.807, 2.05) is 0 Å². The van der Waals surface area contributed by atoms with Gasteiger partial charge in [0, 0.05) is 26.2 Å². The molecule has 0 aromatic carbocycles. The first-order chi connectivity index (χ1) is 9.53. The van der Waals surface area contributed by atoms with Gasteiger partial charge in [-0.2, -0.15) is 4.98 Å². The molecule has 2 heterocycles. The van der Waals surface area contributed by atoms with Gasteiger partial charge in [0.05, 0.1) is 5.02 Å². The fourth-order valence-electron chi connectivity index (χ4n) is 1.43. The summed E-state index contributed by atoms with van der Waals surface area (Å²) in [6.45, 7) is 0.135. The summed E-state index contributed by atoms with van der Waals surface area (Å²) in [5.41, 5.74) is 0. The topological polar surface area (TPSA) is 110 Å². The monoisotopic (exact) mass is 317 g/mol. The number of pyridine rings is 1. The van der Waals surface area contributed by atoms with Gasteiger partial charge in [0.1, 0.15) is 10.7 Å². The summed E-state index contributed by atoms with van der Waals surface area (Å²) in [4.78, 5) is 7.70. The molecule has 0 bridgehead atoms. The molecule has 10 heteroatoms. The van der Waals surface area contributed by atoms with Crippen LogP contribution in [0.2, 0.25) is 5.02 Å². The van der Waals surface area contributed by atoms with E-state index in [1.165, 1.54) is 18.6 Å². The zero-order valence-corrected chi connectivity index (χ0v) is 12.1. The van der Waals surface area contributed by atoms with Crippen LogP contribution in [0.1, 0.15) is 5.89 Å². The molecule has 0 atom stereocenters. The van der Waals surface area contributed by atoms with Crippen LogP contribution in [-0.4, -0.2) is 37.1 Å². The molecule has 108 valence electrons. The Morgan fingerprint density at radius 1 is 1.40 bits per heavy atom. The zero-order chi connectivity index (χ0) is 14.6. The molecule has 2 aromatic rings. The molecule has 0 amide bonds. The van der Waals surface area contributed by atoms with Crippen molar-refractivity contribution in [1.29, 1.82) is 0 Å². The number of sulfonamides is 1. The normalized spacial score (nSPS) is 11.5. The van der Waals surface area contributed by atoms with Gasteiger partial charge in [-0.1, -0.05) is 16.8 Å². The molecule has 0 unspecified atom stereocenters. The van der Waals surface area contributed by atoms with Gasteiger partial charge in [-0.15, -0.1) is 0 Å². The van der Waals surface area contributed by atoms with E-state index in [0.717, 1.165) is 0 Å². The molecule has 0 saturated carbocycles. The second kappa shape index (κ2) is 6.16. The number of rotatable bonds is 6. The van der Waals surface area contributed by atoms with Gasteiger partial charge in [0.25, 0.3) is 0 Å². The summed E-state index contributed by atoms with van der Waals surface area (Å²) in [7, 11) is -2.03. The predicted octanol–water partition coefficient (Wildman–Crippen LogP) is 0.681. The van der Waals surface area contributed by atoms with Gasteiger partial charge in [0.2, 0.25) is 15.9 Å². The number of nitrogens with one attached hydrogen (secondary N) is 2. The van der Waals surface area contributed by atoms with Crippen LogP contribution >= 0.6 is 11.6 Å². The third-order valence-electron chi connectivity index (χ3n) is 2.40. The summed E-state index contributed by atoms with van der Waals surface area (Å²) >= 11 is 5.90. The van der Waals surface area contributed by atoms with Gasteiger partial charge >= 0.3 is 0 Å². The molecule has 0 aliphatic carbocycles. The first kappa shape index (κ1) is 14.7. The quantitative estimate of drug-likeness (QED) is 0.806. The maximum absolute atomic E-state index is 12.0. The number of hydrogen-bond donors (Lipinski definition) is 2. The van der Waals surface area contributed by atoms with E-state index in [4.69, 9.17) is 16.1 Å². The Balaban J connectivity index is 2.04. The highest BCUT2D eigenvalue weighted by Crippen LogP contribution is 2.21. The second-order valence-corrected chi connectivity index (χ2v) is 5.91. The summed E-state index contributed by atoms with van der Waals surface area (Å²) in [6, 6.07) is 1.33. The van der Waals surface area contributed by atoms with E-state index in [1.54, 1.807) is 7.05 Å². The Kier molecular flexibility index (Phi) is 4.53. The van der Waals surface area contributed by atoms with Crippen LogP contribution in [0.15, 0.2) is 28.0 Å². The minimum Gasteiger partial charge on any atom is -0.372 e. The van der Waals surface area contributed by atoms with Gasteiger partial charge < -0.3 is 9.84 Å². The lowest BCUT2D eigenvalue weighted by Crippen LogP contribution is -2.26. The minimum absolute atomic E-state index is 0.00738. The van der Waals surface area contributed by atoms with Crippen LogP contribution in [0.25, 0.3) is 0 Å². The first-order valence-electron chi connectivity index (χ1n) is 5.61. The lowest BCUT2D eigenvalue weighted by molar-refractivity contribution is 0.377. The molecule has 2 rings (SSSR count). The fourth-order valence-corrected chi connectivity index (χ4v) is 2.76. The molecule has 0 aliphatic rings. The van der Waals surface area contributed by atoms with E-state index in [9.17, 15) is 8.42 Å². The molecule has 0 saturated heterocycles.